The van der Waals surface area contributed by atoms with Crippen molar-refractivity contribution in [2.75, 3.05) is 18.0 Å². The number of sulfonamides is 1. The van der Waals surface area contributed by atoms with Crippen LogP contribution in [0.2, 0.25) is 0 Å². The number of fused-ring (bicyclic) bond motifs is 1. The Morgan fingerprint density at radius 2 is 1.58 bits per heavy atom. The third-order valence-electron chi connectivity index (χ3n) is 7.31. The summed E-state index contributed by atoms with van der Waals surface area (Å²) in [5.74, 6) is -0.0606. The Labute approximate surface area is 213 Å². The normalized spacial score (nSPS) is 18.5. The molecule has 0 bridgehead atoms. The van der Waals surface area contributed by atoms with Crippen molar-refractivity contribution < 1.29 is 13.2 Å². The fourth-order valence-electron chi connectivity index (χ4n) is 5.32. The number of carbonyl (C=O) groups is 1. The van der Waals surface area contributed by atoms with E-state index in [4.69, 9.17) is 0 Å². The van der Waals surface area contributed by atoms with Crippen LogP contribution >= 0.6 is 0 Å². The van der Waals surface area contributed by atoms with Crippen LogP contribution in [0.25, 0.3) is 0 Å². The highest BCUT2D eigenvalue weighted by atomic mass is 32.2. The average molecular weight is 504 g/mol. The van der Waals surface area contributed by atoms with Crippen molar-refractivity contribution in [2.45, 2.75) is 56.0 Å². The molecule has 0 unspecified atom stereocenters. The molecule has 3 aromatic rings. The quantitative estimate of drug-likeness (QED) is 0.509. The molecule has 0 aromatic heterocycles. The summed E-state index contributed by atoms with van der Waals surface area (Å²) >= 11 is 0. The third kappa shape index (κ3) is 5.32. The van der Waals surface area contributed by atoms with Crippen molar-refractivity contribution >= 4 is 21.6 Å². The Balaban J connectivity index is 1.25. The molecule has 2 N–H and O–H groups in total. The first-order chi connectivity index (χ1) is 17.4. The summed E-state index contributed by atoms with van der Waals surface area (Å²) in [6.07, 6.45) is 4.42. The number of piperidine rings is 1. The standard InChI is InChI=1S/C29H33N3O3S/c1-21-13-15-24(16-14-21)36(34,35)31-23-17-19-32(20-18-23)28-12-5-4-10-26(28)29(33)30-27-11-6-8-22-7-2-3-9-25(22)27/h2-5,7,9-10,12-16,23,27,31H,6,8,11,17-20H2,1H3,(H,30,33)/t27-/m0/s1. The molecule has 1 aliphatic heterocycles. The van der Waals surface area contributed by atoms with Crippen LogP contribution in [0.3, 0.4) is 0 Å². The Hall–Kier alpha value is -3.16. The zero-order valence-corrected chi connectivity index (χ0v) is 21.4. The Kier molecular flexibility index (Phi) is 7.12. The van der Waals surface area contributed by atoms with Crippen molar-refractivity contribution in [1.82, 2.24) is 10.0 Å². The Morgan fingerprint density at radius 1 is 0.889 bits per heavy atom. The number of nitrogens with one attached hydrogen (secondary N) is 2. The second kappa shape index (κ2) is 10.4. The van der Waals surface area contributed by atoms with Gasteiger partial charge >= 0.3 is 0 Å². The number of hydrogen-bond donors (Lipinski definition) is 2. The van der Waals surface area contributed by atoms with Gasteiger partial charge in [0.2, 0.25) is 10.0 Å². The van der Waals surface area contributed by atoms with Gasteiger partial charge < -0.3 is 10.2 Å². The Bertz CT molecular complexity index is 1330. The molecule has 36 heavy (non-hydrogen) atoms. The van der Waals surface area contributed by atoms with Gasteiger partial charge in [-0.3, -0.25) is 4.79 Å². The van der Waals surface area contributed by atoms with E-state index in [0.717, 1.165) is 30.5 Å². The number of amides is 1. The topological polar surface area (TPSA) is 78.5 Å². The number of anilines is 1. The summed E-state index contributed by atoms with van der Waals surface area (Å²) in [5, 5.41) is 3.28. The van der Waals surface area contributed by atoms with Gasteiger partial charge in [0.25, 0.3) is 5.91 Å². The zero-order chi connectivity index (χ0) is 25.1. The number of hydrogen-bond acceptors (Lipinski definition) is 4. The first-order valence-electron chi connectivity index (χ1n) is 12.7. The van der Waals surface area contributed by atoms with Crippen LogP contribution in [0, 0.1) is 6.92 Å². The average Bonchev–Trinajstić information content (AvgIpc) is 2.89. The van der Waals surface area contributed by atoms with Gasteiger partial charge in [-0.2, -0.15) is 0 Å². The lowest BCUT2D eigenvalue weighted by molar-refractivity contribution is 0.0933. The predicted molar refractivity (Wildman–Crippen MR) is 143 cm³/mol. The molecule has 5 rings (SSSR count). The molecule has 188 valence electrons. The summed E-state index contributed by atoms with van der Waals surface area (Å²) in [6.45, 7) is 3.29. The van der Waals surface area contributed by atoms with Gasteiger partial charge in [-0.15, -0.1) is 0 Å². The molecule has 0 radical (unpaired) electrons. The van der Waals surface area contributed by atoms with Gasteiger partial charge in [-0.25, -0.2) is 13.1 Å². The maximum Gasteiger partial charge on any atom is 0.253 e. The Morgan fingerprint density at radius 3 is 2.36 bits per heavy atom. The first kappa shape index (κ1) is 24.5. The van der Waals surface area contributed by atoms with E-state index in [1.54, 1.807) is 12.1 Å². The van der Waals surface area contributed by atoms with Crippen LogP contribution in [-0.2, 0) is 16.4 Å². The van der Waals surface area contributed by atoms with E-state index in [0.29, 0.717) is 36.4 Å². The van der Waals surface area contributed by atoms with Gasteiger partial charge in [-0.1, -0.05) is 54.1 Å². The van der Waals surface area contributed by atoms with Crippen LogP contribution in [0.1, 0.15) is 58.8 Å². The van der Waals surface area contributed by atoms with E-state index in [-0.39, 0.29) is 18.0 Å². The molecule has 1 saturated heterocycles. The summed E-state index contributed by atoms with van der Waals surface area (Å²) in [7, 11) is -3.55. The van der Waals surface area contributed by atoms with E-state index in [9.17, 15) is 13.2 Å². The minimum absolute atomic E-state index is 0.0254. The molecule has 0 spiro atoms. The van der Waals surface area contributed by atoms with Gasteiger partial charge in [0.05, 0.1) is 16.5 Å². The number of carbonyl (C=O) groups excluding carboxylic acids is 1. The molecule has 1 atom stereocenters. The molecule has 1 amide bonds. The molecule has 2 aliphatic rings. The summed E-state index contributed by atoms with van der Waals surface area (Å²) < 4.78 is 28.5. The fraction of sp³-hybridized carbons (Fsp3) is 0.345. The second-order valence-corrected chi connectivity index (χ2v) is 11.5. The van der Waals surface area contributed by atoms with Crippen LogP contribution < -0.4 is 14.9 Å². The maximum absolute atomic E-state index is 13.4. The minimum Gasteiger partial charge on any atom is -0.371 e. The van der Waals surface area contributed by atoms with Crippen LogP contribution in [0.5, 0.6) is 0 Å². The smallest absolute Gasteiger partial charge is 0.253 e. The SMILES string of the molecule is Cc1ccc(S(=O)(=O)NC2CCN(c3ccccc3C(=O)N[C@H]3CCCc4ccccc43)CC2)cc1. The van der Waals surface area contributed by atoms with E-state index >= 15 is 0 Å². The third-order valence-corrected chi connectivity index (χ3v) is 8.85. The molecule has 1 aliphatic carbocycles. The second-order valence-electron chi connectivity index (χ2n) is 9.83. The van der Waals surface area contributed by atoms with Gasteiger partial charge in [0.15, 0.2) is 0 Å². The van der Waals surface area contributed by atoms with Crippen molar-refractivity contribution in [3.8, 4) is 0 Å². The number of aryl methyl sites for hydroxylation is 2. The molecule has 3 aromatic carbocycles. The molecule has 7 heteroatoms. The van der Waals surface area contributed by atoms with Crippen molar-refractivity contribution in [1.29, 1.82) is 0 Å². The van der Waals surface area contributed by atoms with Gasteiger partial charge in [0, 0.05) is 24.8 Å². The fourth-order valence-corrected chi connectivity index (χ4v) is 6.63. The van der Waals surface area contributed by atoms with Crippen LogP contribution in [0.4, 0.5) is 5.69 Å². The number of benzene rings is 3. The highest BCUT2D eigenvalue weighted by Gasteiger charge is 2.28. The van der Waals surface area contributed by atoms with Crippen molar-refractivity contribution in [3.05, 3.63) is 95.1 Å². The molecule has 6 nitrogen and oxygen atoms in total. The van der Waals surface area contributed by atoms with Crippen molar-refractivity contribution in [2.24, 2.45) is 0 Å². The zero-order valence-electron chi connectivity index (χ0n) is 20.6. The highest BCUT2D eigenvalue weighted by Crippen LogP contribution is 2.31. The summed E-state index contributed by atoms with van der Waals surface area (Å²) in [4.78, 5) is 15.9. The molecule has 1 heterocycles. The first-order valence-corrected chi connectivity index (χ1v) is 14.2. The van der Waals surface area contributed by atoms with E-state index in [1.807, 2.05) is 49.4 Å². The van der Waals surface area contributed by atoms with Gasteiger partial charge in [-0.05, 0) is 74.4 Å². The monoisotopic (exact) mass is 503 g/mol. The van der Waals surface area contributed by atoms with E-state index < -0.39 is 10.0 Å². The molecular weight excluding hydrogens is 470 g/mol. The molecule has 1 fully saturated rings. The van der Waals surface area contributed by atoms with E-state index in [1.165, 1.54) is 11.1 Å². The lowest BCUT2D eigenvalue weighted by Crippen LogP contribution is -2.45. The lowest BCUT2D eigenvalue weighted by Gasteiger charge is -2.35. The number of para-hydroxylation sites is 1. The lowest BCUT2D eigenvalue weighted by atomic mass is 9.87. The number of nitrogens with zero attached hydrogens (tertiary/aromatic N) is 1. The minimum atomic E-state index is -3.55. The predicted octanol–water partition coefficient (Wildman–Crippen LogP) is 4.75. The maximum atomic E-state index is 13.4. The highest BCUT2D eigenvalue weighted by molar-refractivity contribution is 7.89. The van der Waals surface area contributed by atoms with Crippen molar-refractivity contribution in [3.63, 3.8) is 0 Å². The molecule has 0 saturated carbocycles. The summed E-state index contributed by atoms with van der Waals surface area (Å²) in [6, 6.07) is 22.9. The van der Waals surface area contributed by atoms with Gasteiger partial charge in [0.1, 0.15) is 0 Å². The summed E-state index contributed by atoms with van der Waals surface area (Å²) in [5.41, 5.74) is 5.13. The van der Waals surface area contributed by atoms with E-state index in [2.05, 4.69) is 33.1 Å². The molecular formula is C29H33N3O3S. The van der Waals surface area contributed by atoms with Crippen LogP contribution in [-0.4, -0.2) is 33.5 Å². The van der Waals surface area contributed by atoms with Crippen LogP contribution in [0.15, 0.2) is 77.7 Å². The largest absolute Gasteiger partial charge is 0.371 e. The number of rotatable bonds is 6.